The van der Waals surface area contributed by atoms with Gasteiger partial charge in [-0.25, -0.2) is 0 Å². The van der Waals surface area contributed by atoms with Gasteiger partial charge < -0.3 is 0 Å². The maximum absolute atomic E-state index is 12.4. The summed E-state index contributed by atoms with van der Waals surface area (Å²) in [6.07, 6.45) is 0.543. The molecule has 1 atom stereocenters. The summed E-state index contributed by atoms with van der Waals surface area (Å²) in [7, 11) is 0. The molecule has 1 heteroatoms. The zero-order valence-electron chi connectivity index (χ0n) is 14.3. The second-order valence-electron chi connectivity index (χ2n) is 7.02. The Morgan fingerprint density at radius 3 is 2.05 bits per heavy atom. The molecule has 0 N–H and O–H groups in total. The van der Waals surface area contributed by atoms with Gasteiger partial charge in [0.05, 0.1) is 0 Å². The molecule has 2 aromatic rings. The van der Waals surface area contributed by atoms with Crippen LogP contribution in [-0.2, 0) is 0 Å². The average Bonchev–Trinajstić information content (AvgIpc) is 2.48. The van der Waals surface area contributed by atoms with E-state index in [2.05, 4.69) is 58.0 Å². The van der Waals surface area contributed by atoms with E-state index in [0.717, 1.165) is 11.1 Å². The Bertz CT molecular complexity index is 662. The van der Waals surface area contributed by atoms with Crippen molar-refractivity contribution < 1.29 is 4.79 Å². The van der Waals surface area contributed by atoms with Gasteiger partial charge in [0.25, 0.3) is 0 Å². The van der Waals surface area contributed by atoms with Crippen molar-refractivity contribution in [2.24, 2.45) is 5.41 Å². The minimum absolute atomic E-state index is 0.0379. The van der Waals surface area contributed by atoms with Gasteiger partial charge in [0.2, 0.25) is 0 Å². The van der Waals surface area contributed by atoms with E-state index in [4.69, 9.17) is 0 Å². The van der Waals surface area contributed by atoms with Crippen LogP contribution < -0.4 is 0 Å². The van der Waals surface area contributed by atoms with Gasteiger partial charge in [-0.05, 0) is 29.0 Å². The Morgan fingerprint density at radius 2 is 1.50 bits per heavy atom. The van der Waals surface area contributed by atoms with Crippen LogP contribution in [0, 0.1) is 12.3 Å². The van der Waals surface area contributed by atoms with Crippen LogP contribution in [0.15, 0.2) is 48.5 Å². The highest BCUT2D eigenvalue weighted by Gasteiger charge is 2.31. The number of benzene rings is 2. The van der Waals surface area contributed by atoms with Gasteiger partial charge >= 0.3 is 0 Å². The Morgan fingerprint density at radius 1 is 0.955 bits per heavy atom. The second-order valence-corrected chi connectivity index (χ2v) is 7.02. The summed E-state index contributed by atoms with van der Waals surface area (Å²) >= 11 is 0. The molecule has 2 rings (SSSR count). The van der Waals surface area contributed by atoms with Crippen LogP contribution in [0.5, 0.6) is 0 Å². The number of hydrogen-bond donors (Lipinski definition) is 0. The fourth-order valence-electron chi connectivity index (χ4n) is 3.20. The van der Waals surface area contributed by atoms with Crippen molar-refractivity contribution in [1.82, 2.24) is 0 Å². The standard InChI is InChI=1S/C21H26O/c1-6-19(22)17-13-9-10-14-18(17)20(21(3,4)5)16-12-8-7-11-15(16)2/h7-14,20H,6H2,1-5H3. The molecule has 22 heavy (non-hydrogen) atoms. The molecule has 116 valence electrons. The minimum atomic E-state index is 0.0379. The molecular formula is C21H26O. The van der Waals surface area contributed by atoms with Crippen LogP contribution in [-0.4, -0.2) is 5.78 Å². The summed E-state index contributed by atoms with van der Waals surface area (Å²) < 4.78 is 0. The first-order valence-corrected chi connectivity index (χ1v) is 8.04. The second kappa shape index (κ2) is 6.48. The number of ketones is 1. The number of carbonyl (C=O) groups is 1. The van der Waals surface area contributed by atoms with Crippen LogP contribution in [0.4, 0.5) is 0 Å². The number of aryl methyl sites for hydroxylation is 1. The van der Waals surface area contributed by atoms with Gasteiger partial charge in [0.15, 0.2) is 5.78 Å². The fraction of sp³-hybridized carbons (Fsp3) is 0.381. The SMILES string of the molecule is CCC(=O)c1ccccc1C(c1ccccc1C)C(C)(C)C. The number of carbonyl (C=O) groups excluding carboxylic acids is 1. The molecule has 0 saturated carbocycles. The summed E-state index contributed by atoms with van der Waals surface area (Å²) in [6, 6.07) is 16.6. The first-order chi connectivity index (χ1) is 10.4. The van der Waals surface area contributed by atoms with Crippen LogP contribution in [0.3, 0.4) is 0 Å². The highest BCUT2D eigenvalue weighted by molar-refractivity contribution is 5.97. The highest BCUT2D eigenvalue weighted by atomic mass is 16.1. The maximum atomic E-state index is 12.4. The molecule has 0 spiro atoms. The summed E-state index contributed by atoms with van der Waals surface area (Å²) in [5.74, 6) is 0.429. The summed E-state index contributed by atoms with van der Waals surface area (Å²) in [4.78, 5) is 12.4. The third kappa shape index (κ3) is 3.30. The Kier molecular flexibility index (Phi) is 4.85. The normalized spacial score (nSPS) is 13.0. The summed E-state index contributed by atoms with van der Waals surface area (Å²) in [6.45, 7) is 10.8. The lowest BCUT2D eigenvalue weighted by atomic mass is 9.70. The molecule has 0 heterocycles. The van der Waals surface area contributed by atoms with Crippen molar-refractivity contribution in [2.75, 3.05) is 0 Å². The van der Waals surface area contributed by atoms with Crippen LogP contribution in [0.1, 0.15) is 67.1 Å². The van der Waals surface area contributed by atoms with Gasteiger partial charge in [0, 0.05) is 17.9 Å². The van der Waals surface area contributed by atoms with E-state index in [0.29, 0.717) is 6.42 Å². The van der Waals surface area contributed by atoms with E-state index >= 15 is 0 Å². The number of hydrogen-bond acceptors (Lipinski definition) is 1. The van der Waals surface area contributed by atoms with Gasteiger partial charge in [-0.1, -0.05) is 76.2 Å². The zero-order valence-corrected chi connectivity index (χ0v) is 14.3. The molecule has 0 aliphatic rings. The van der Waals surface area contributed by atoms with Gasteiger partial charge in [0.1, 0.15) is 0 Å². The van der Waals surface area contributed by atoms with Crippen LogP contribution >= 0.6 is 0 Å². The van der Waals surface area contributed by atoms with Crippen molar-refractivity contribution in [1.29, 1.82) is 0 Å². The lowest BCUT2D eigenvalue weighted by molar-refractivity contribution is 0.0986. The first kappa shape index (κ1) is 16.5. The van der Waals surface area contributed by atoms with Crippen LogP contribution in [0.25, 0.3) is 0 Å². The summed E-state index contributed by atoms with van der Waals surface area (Å²) in [5.41, 5.74) is 4.65. The van der Waals surface area contributed by atoms with E-state index in [1.54, 1.807) is 0 Å². The van der Waals surface area contributed by atoms with E-state index < -0.39 is 0 Å². The third-order valence-corrected chi connectivity index (χ3v) is 4.26. The molecular weight excluding hydrogens is 268 g/mol. The zero-order chi connectivity index (χ0) is 16.3. The quantitative estimate of drug-likeness (QED) is 0.655. The van der Waals surface area contributed by atoms with Crippen molar-refractivity contribution >= 4 is 5.78 Å². The van der Waals surface area contributed by atoms with Crippen molar-refractivity contribution in [3.05, 3.63) is 70.8 Å². The molecule has 0 fully saturated rings. The average molecular weight is 294 g/mol. The van der Waals surface area contributed by atoms with Crippen LogP contribution in [0.2, 0.25) is 0 Å². The fourth-order valence-corrected chi connectivity index (χ4v) is 3.20. The molecule has 0 radical (unpaired) electrons. The molecule has 1 nitrogen and oxygen atoms in total. The molecule has 2 aromatic carbocycles. The van der Waals surface area contributed by atoms with Crippen molar-refractivity contribution in [3.63, 3.8) is 0 Å². The highest BCUT2D eigenvalue weighted by Crippen LogP contribution is 2.43. The van der Waals surface area contributed by atoms with E-state index in [1.807, 2.05) is 25.1 Å². The van der Waals surface area contributed by atoms with Crippen molar-refractivity contribution in [2.45, 2.75) is 47.0 Å². The lowest BCUT2D eigenvalue weighted by Crippen LogP contribution is -2.22. The first-order valence-electron chi connectivity index (χ1n) is 8.04. The number of Topliss-reactive ketones (excluding diaryl/α,β-unsaturated/α-hetero) is 1. The predicted molar refractivity (Wildman–Crippen MR) is 93.5 cm³/mol. The smallest absolute Gasteiger partial charge is 0.162 e. The molecule has 0 saturated heterocycles. The Hall–Kier alpha value is -1.89. The molecule has 1 unspecified atom stereocenters. The lowest BCUT2D eigenvalue weighted by Gasteiger charge is -2.34. The van der Waals surface area contributed by atoms with E-state index in [-0.39, 0.29) is 17.1 Å². The van der Waals surface area contributed by atoms with Gasteiger partial charge in [-0.2, -0.15) is 0 Å². The minimum Gasteiger partial charge on any atom is -0.294 e. The molecule has 0 bridgehead atoms. The largest absolute Gasteiger partial charge is 0.294 e. The van der Waals surface area contributed by atoms with Crippen molar-refractivity contribution in [3.8, 4) is 0 Å². The third-order valence-electron chi connectivity index (χ3n) is 4.26. The molecule has 0 aromatic heterocycles. The Labute approximate surface area is 134 Å². The number of rotatable bonds is 4. The predicted octanol–water partition coefficient (Wildman–Crippen LogP) is 5.77. The molecule has 0 amide bonds. The molecule has 0 aliphatic carbocycles. The summed E-state index contributed by atoms with van der Waals surface area (Å²) in [5, 5.41) is 0. The maximum Gasteiger partial charge on any atom is 0.162 e. The van der Waals surface area contributed by atoms with E-state index in [1.165, 1.54) is 11.1 Å². The van der Waals surface area contributed by atoms with Gasteiger partial charge in [-0.3, -0.25) is 4.79 Å². The molecule has 0 aliphatic heterocycles. The van der Waals surface area contributed by atoms with Gasteiger partial charge in [-0.15, -0.1) is 0 Å². The Balaban J connectivity index is 2.68. The van der Waals surface area contributed by atoms with E-state index in [9.17, 15) is 4.79 Å². The monoisotopic (exact) mass is 294 g/mol. The topological polar surface area (TPSA) is 17.1 Å².